The van der Waals surface area contributed by atoms with Gasteiger partial charge in [0.25, 0.3) is 7.82 Å². The van der Waals surface area contributed by atoms with Crippen LogP contribution in [0.25, 0.3) is 0 Å². The highest BCUT2D eigenvalue weighted by Gasteiger charge is 2.24. The van der Waals surface area contributed by atoms with E-state index < -0.39 is 20.0 Å². The summed E-state index contributed by atoms with van der Waals surface area (Å²) < 4.78 is 23.6. The number of unbranched alkanes of at least 4 members (excludes halogenated alkanes) is 53. The fourth-order valence-electron chi connectivity index (χ4n) is 11.4. The molecule has 0 aliphatic carbocycles. The highest BCUT2D eigenvalue weighted by molar-refractivity contribution is 7.45. The Kier molecular flexibility index (Phi) is 62.2. The molecule has 3 unspecified atom stereocenters. The van der Waals surface area contributed by atoms with Crippen LogP contribution in [-0.2, 0) is 18.4 Å². The Morgan fingerprint density at radius 3 is 0.975 bits per heavy atom. The minimum absolute atomic E-state index is 0.0154. The maximum Gasteiger partial charge on any atom is 0.268 e. The largest absolute Gasteiger partial charge is 0.756 e. The fraction of sp³-hybridized carbons (Fsp3) is 0.958. The lowest BCUT2D eigenvalue weighted by Crippen LogP contribution is -2.46. The number of nitrogens with zero attached hydrogens (tertiary/aromatic N) is 1. The summed E-state index contributed by atoms with van der Waals surface area (Å²) in [5.74, 6) is -0.156. The maximum absolute atomic E-state index is 13.1. The molecule has 0 aromatic carbocycles. The van der Waals surface area contributed by atoms with Crippen LogP contribution in [0.15, 0.2) is 12.2 Å². The number of nitrogens with one attached hydrogen (secondary N) is 1. The number of carbonyl (C=O) groups is 1. The molecule has 0 saturated carbocycles. The van der Waals surface area contributed by atoms with Crippen LogP contribution in [0.4, 0.5) is 0 Å². The summed E-state index contributed by atoms with van der Waals surface area (Å²) in [6, 6.07) is -0.800. The number of rotatable bonds is 68. The molecule has 1 amide bonds. The van der Waals surface area contributed by atoms with Crippen LogP contribution in [-0.4, -0.2) is 68.5 Å². The smallest absolute Gasteiger partial charge is 0.268 e. The Balaban J connectivity index is 3.97. The van der Waals surface area contributed by atoms with Gasteiger partial charge in [0, 0.05) is 6.42 Å². The van der Waals surface area contributed by atoms with Crippen molar-refractivity contribution < 1.29 is 32.9 Å². The molecule has 0 aliphatic heterocycles. The van der Waals surface area contributed by atoms with Crippen molar-refractivity contribution in [2.75, 3.05) is 40.9 Å². The van der Waals surface area contributed by atoms with Gasteiger partial charge in [0.1, 0.15) is 13.2 Å². The molecule has 478 valence electrons. The highest BCUT2D eigenvalue weighted by atomic mass is 31.2. The third-order valence-corrected chi connectivity index (χ3v) is 18.0. The van der Waals surface area contributed by atoms with E-state index in [1.165, 1.54) is 321 Å². The number of hydrogen-bond donors (Lipinski definition) is 2. The number of carbonyl (C=O) groups excluding carboxylic acids is 1. The third-order valence-electron chi connectivity index (χ3n) is 17.0. The molecule has 0 fully saturated rings. The number of likely N-dealkylation sites (N-methyl/N-ethyl adjacent to an activating group) is 1. The zero-order valence-corrected chi connectivity index (χ0v) is 55.7. The number of quaternary nitrogens is 1. The van der Waals surface area contributed by atoms with Crippen molar-refractivity contribution in [1.82, 2.24) is 5.32 Å². The first-order valence-electron chi connectivity index (χ1n) is 36.0. The van der Waals surface area contributed by atoms with Gasteiger partial charge in [-0.25, -0.2) is 0 Å². The number of aliphatic hydroxyl groups excluding tert-OH is 1. The molecule has 2 N–H and O–H groups in total. The summed E-state index contributed by atoms with van der Waals surface area (Å²) in [6.07, 6.45) is 80.1. The molecular formula is C71H143N2O6P. The molecule has 0 spiro atoms. The lowest BCUT2D eigenvalue weighted by molar-refractivity contribution is -0.870. The molecule has 9 heteroatoms. The Hall–Kier alpha value is -0.760. The van der Waals surface area contributed by atoms with Gasteiger partial charge in [-0.05, 0) is 38.5 Å². The predicted molar refractivity (Wildman–Crippen MR) is 349 cm³/mol. The zero-order valence-electron chi connectivity index (χ0n) is 54.8. The summed E-state index contributed by atoms with van der Waals surface area (Å²) in [6.45, 7) is 4.79. The van der Waals surface area contributed by atoms with Crippen molar-refractivity contribution in [3.63, 3.8) is 0 Å². The molecule has 0 aromatic rings. The van der Waals surface area contributed by atoms with Crippen molar-refractivity contribution in [2.45, 2.75) is 398 Å². The first-order chi connectivity index (χ1) is 39.0. The van der Waals surface area contributed by atoms with Gasteiger partial charge >= 0.3 is 0 Å². The molecule has 0 rings (SSSR count). The van der Waals surface area contributed by atoms with Crippen molar-refractivity contribution in [1.29, 1.82) is 0 Å². The van der Waals surface area contributed by atoms with Gasteiger partial charge < -0.3 is 28.8 Å². The standard InChI is InChI=1S/C71H143N2O6P/c1-6-8-10-12-14-16-18-20-22-24-26-28-30-32-33-34-35-36-37-38-39-41-42-44-46-48-50-52-54-56-58-60-62-64-70(74)69(68-79-80(76,77)78-67-66-73(3,4)5)72-71(75)65-63-61-59-57-55-53-51-49-47-45-43-40-31-29-27-25-23-21-19-17-15-13-11-9-7-2/h25,27,69-70,74H,6-24,26,28-68H2,1-5H3,(H-,72,75,76,77)/b27-25-. The van der Waals surface area contributed by atoms with Crippen LogP contribution in [0.3, 0.4) is 0 Å². The molecule has 0 saturated heterocycles. The van der Waals surface area contributed by atoms with Gasteiger partial charge in [-0.3, -0.25) is 9.36 Å². The Bertz CT molecular complexity index is 1310. The number of hydrogen-bond acceptors (Lipinski definition) is 6. The van der Waals surface area contributed by atoms with Gasteiger partial charge in [-0.1, -0.05) is 353 Å². The Labute approximate surface area is 501 Å². The first kappa shape index (κ1) is 79.2. The summed E-state index contributed by atoms with van der Waals surface area (Å²) in [5.41, 5.74) is 0. The van der Waals surface area contributed by atoms with Crippen molar-refractivity contribution in [3.8, 4) is 0 Å². The monoisotopic (exact) mass is 1150 g/mol. The zero-order chi connectivity index (χ0) is 58.4. The molecule has 0 aliphatic rings. The minimum Gasteiger partial charge on any atom is -0.756 e. The lowest BCUT2D eigenvalue weighted by atomic mass is 10.0. The minimum atomic E-state index is -4.58. The molecule has 80 heavy (non-hydrogen) atoms. The topological polar surface area (TPSA) is 108 Å². The SMILES string of the molecule is CCCCCCCCCC/C=C\CCCCCCCCCCCCCCCC(=O)NC(COP(=O)([O-])OCC[N+](C)(C)C)C(O)CCCCCCCCCCCCCCCCCCCCCCCCCCCCCCCCCCC. The van der Waals surface area contributed by atoms with E-state index in [-0.39, 0.29) is 19.1 Å². The van der Waals surface area contributed by atoms with E-state index in [1.54, 1.807) is 0 Å². The van der Waals surface area contributed by atoms with Crippen molar-refractivity contribution in [2.24, 2.45) is 0 Å². The van der Waals surface area contributed by atoms with Gasteiger partial charge in [0.05, 0.1) is 39.9 Å². The number of phosphoric acid groups is 1. The normalized spacial score (nSPS) is 13.6. The highest BCUT2D eigenvalue weighted by Crippen LogP contribution is 2.38. The summed E-state index contributed by atoms with van der Waals surface area (Å²) in [5, 5.41) is 14.1. The summed E-state index contributed by atoms with van der Waals surface area (Å²) >= 11 is 0. The fourth-order valence-corrected chi connectivity index (χ4v) is 12.1. The first-order valence-corrected chi connectivity index (χ1v) is 37.5. The van der Waals surface area contributed by atoms with Gasteiger partial charge in [0.2, 0.25) is 5.91 Å². The van der Waals surface area contributed by atoms with Crippen molar-refractivity contribution in [3.05, 3.63) is 12.2 Å². The quantitative estimate of drug-likeness (QED) is 0.0272. The van der Waals surface area contributed by atoms with E-state index in [2.05, 4.69) is 31.3 Å². The summed E-state index contributed by atoms with van der Waals surface area (Å²) in [4.78, 5) is 25.7. The van der Waals surface area contributed by atoms with Crippen LogP contribution in [0.1, 0.15) is 386 Å². The van der Waals surface area contributed by atoms with Gasteiger partial charge in [-0.2, -0.15) is 0 Å². The van der Waals surface area contributed by atoms with Gasteiger partial charge in [-0.15, -0.1) is 0 Å². The van der Waals surface area contributed by atoms with Crippen molar-refractivity contribution >= 4 is 13.7 Å². The molecular weight excluding hydrogens is 1010 g/mol. The van der Waals surface area contributed by atoms with Crippen LogP contribution >= 0.6 is 7.82 Å². The maximum atomic E-state index is 13.1. The average molecular weight is 1150 g/mol. The molecule has 8 nitrogen and oxygen atoms in total. The molecule has 0 radical (unpaired) electrons. The van der Waals surface area contributed by atoms with E-state index in [1.807, 2.05) is 21.1 Å². The van der Waals surface area contributed by atoms with E-state index >= 15 is 0 Å². The number of phosphoric ester groups is 1. The van der Waals surface area contributed by atoms with E-state index in [0.717, 1.165) is 38.5 Å². The molecule has 0 aromatic heterocycles. The van der Waals surface area contributed by atoms with Crippen LogP contribution in [0.2, 0.25) is 0 Å². The number of amides is 1. The second kappa shape index (κ2) is 62.8. The van der Waals surface area contributed by atoms with E-state index in [4.69, 9.17) is 9.05 Å². The molecule has 3 atom stereocenters. The van der Waals surface area contributed by atoms with Crippen LogP contribution in [0.5, 0.6) is 0 Å². The van der Waals surface area contributed by atoms with E-state index in [0.29, 0.717) is 23.9 Å². The average Bonchev–Trinajstić information content (AvgIpc) is 3.42. The molecule has 0 heterocycles. The predicted octanol–water partition coefficient (Wildman–Crippen LogP) is 22.3. The second-order valence-electron chi connectivity index (χ2n) is 26.3. The molecule has 0 bridgehead atoms. The second-order valence-corrected chi connectivity index (χ2v) is 27.7. The van der Waals surface area contributed by atoms with Crippen LogP contribution in [0, 0.1) is 0 Å². The Morgan fingerprint density at radius 1 is 0.425 bits per heavy atom. The third kappa shape index (κ3) is 64.8. The van der Waals surface area contributed by atoms with Gasteiger partial charge in [0.15, 0.2) is 0 Å². The number of allylic oxidation sites excluding steroid dienone is 2. The van der Waals surface area contributed by atoms with E-state index in [9.17, 15) is 19.4 Å². The Morgan fingerprint density at radius 2 is 0.688 bits per heavy atom. The lowest BCUT2D eigenvalue weighted by Gasteiger charge is -2.30. The summed E-state index contributed by atoms with van der Waals surface area (Å²) in [7, 11) is 1.33. The van der Waals surface area contributed by atoms with Crippen LogP contribution < -0.4 is 10.2 Å². The number of aliphatic hydroxyl groups is 1.